The van der Waals surface area contributed by atoms with Gasteiger partial charge in [0.15, 0.2) is 6.61 Å². The van der Waals surface area contributed by atoms with Crippen LogP contribution in [0.5, 0.6) is 5.75 Å². The van der Waals surface area contributed by atoms with E-state index in [1.54, 1.807) is 24.3 Å². The van der Waals surface area contributed by atoms with E-state index >= 15 is 0 Å². The van der Waals surface area contributed by atoms with Crippen LogP contribution in [0.3, 0.4) is 0 Å². The van der Waals surface area contributed by atoms with Gasteiger partial charge in [0.2, 0.25) is 5.78 Å². The molecule has 3 amide bonds. The number of amides is 3. The number of rotatable bonds is 5. The van der Waals surface area contributed by atoms with Gasteiger partial charge in [0.25, 0.3) is 17.7 Å². The molecule has 1 heterocycles. The summed E-state index contributed by atoms with van der Waals surface area (Å²) in [6, 6.07) is 7.99. The van der Waals surface area contributed by atoms with E-state index in [2.05, 4.69) is 5.32 Å². The third-order valence-corrected chi connectivity index (χ3v) is 2.92. The third-order valence-electron chi connectivity index (χ3n) is 2.92. The van der Waals surface area contributed by atoms with Crippen molar-refractivity contribution < 1.29 is 23.9 Å². The molecule has 1 aliphatic rings. The van der Waals surface area contributed by atoms with E-state index in [9.17, 15) is 19.2 Å². The fourth-order valence-corrected chi connectivity index (χ4v) is 1.81. The highest BCUT2D eigenvalue weighted by molar-refractivity contribution is 6.38. The van der Waals surface area contributed by atoms with Crippen molar-refractivity contribution in [3.63, 3.8) is 0 Å². The molecular weight excluding hydrogens is 276 g/mol. The number of carbonyl (C=O) groups excluding carboxylic acids is 4. The number of likely N-dealkylation sites (tertiary alicyclic amines) is 1. The van der Waals surface area contributed by atoms with Crippen molar-refractivity contribution >= 4 is 23.5 Å². The highest BCUT2D eigenvalue weighted by atomic mass is 16.5. The molecule has 110 valence electrons. The van der Waals surface area contributed by atoms with Crippen LogP contribution in [0.4, 0.5) is 0 Å². The summed E-state index contributed by atoms with van der Waals surface area (Å²) in [4.78, 5) is 46.2. The minimum absolute atomic E-state index is 0.00826. The van der Waals surface area contributed by atoms with Gasteiger partial charge in [0.05, 0.1) is 6.54 Å². The van der Waals surface area contributed by atoms with Crippen LogP contribution in [0.25, 0.3) is 0 Å². The molecule has 0 saturated carbocycles. The molecular formula is C14H14N2O5. The topological polar surface area (TPSA) is 92.8 Å². The quantitative estimate of drug-likeness (QED) is 0.583. The summed E-state index contributed by atoms with van der Waals surface area (Å²) in [5.41, 5.74) is 0. The number of benzene rings is 1. The molecule has 1 atom stereocenters. The molecule has 1 aromatic rings. The van der Waals surface area contributed by atoms with Gasteiger partial charge in [-0.05, 0) is 12.1 Å². The Morgan fingerprint density at radius 1 is 1.29 bits per heavy atom. The van der Waals surface area contributed by atoms with Crippen LogP contribution in [-0.2, 0) is 19.2 Å². The van der Waals surface area contributed by atoms with Gasteiger partial charge in [-0.3, -0.25) is 24.1 Å². The Morgan fingerprint density at radius 2 is 1.95 bits per heavy atom. The lowest BCUT2D eigenvalue weighted by Gasteiger charge is -2.36. The molecule has 1 unspecified atom stereocenters. The normalized spacial score (nSPS) is 16.9. The van der Waals surface area contributed by atoms with Crippen molar-refractivity contribution in [3.8, 4) is 5.75 Å². The lowest BCUT2D eigenvalue weighted by atomic mass is 10.1. The predicted octanol–water partition coefficient (Wildman–Crippen LogP) is -0.492. The minimum atomic E-state index is -0.856. The minimum Gasteiger partial charge on any atom is -0.484 e. The lowest BCUT2D eigenvalue weighted by Crippen LogP contribution is -2.66. The van der Waals surface area contributed by atoms with Gasteiger partial charge in [0.1, 0.15) is 11.8 Å². The number of ketones is 1. The van der Waals surface area contributed by atoms with E-state index in [0.717, 1.165) is 11.8 Å². The van der Waals surface area contributed by atoms with Crippen LogP contribution in [0.15, 0.2) is 30.3 Å². The number of nitrogens with one attached hydrogen (secondary N) is 1. The summed E-state index contributed by atoms with van der Waals surface area (Å²) in [6.07, 6.45) is 0. The van der Waals surface area contributed by atoms with Gasteiger partial charge in [-0.2, -0.15) is 0 Å². The molecule has 0 radical (unpaired) electrons. The molecule has 0 bridgehead atoms. The molecule has 0 aromatic heterocycles. The number of nitrogens with zero attached hydrogens (tertiary/aromatic N) is 1. The maximum atomic E-state index is 11.6. The summed E-state index contributed by atoms with van der Waals surface area (Å²) in [6.45, 7) is 0.873. The van der Waals surface area contributed by atoms with Crippen molar-refractivity contribution in [2.45, 2.75) is 13.0 Å². The first-order valence-electron chi connectivity index (χ1n) is 6.32. The monoisotopic (exact) mass is 290 g/mol. The smallest absolute Gasteiger partial charge is 0.296 e. The summed E-state index contributed by atoms with van der Waals surface area (Å²) in [5.74, 6) is -2.07. The van der Waals surface area contributed by atoms with Gasteiger partial charge < -0.3 is 10.1 Å². The first-order valence-corrected chi connectivity index (χ1v) is 6.32. The largest absolute Gasteiger partial charge is 0.484 e. The highest BCUT2D eigenvalue weighted by Crippen LogP contribution is 2.11. The highest BCUT2D eigenvalue weighted by Gasteiger charge is 2.42. The van der Waals surface area contributed by atoms with Crippen molar-refractivity contribution in [1.82, 2.24) is 10.2 Å². The maximum absolute atomic E-state index is 11.6. The van der Waals surface area contributed by atoms with Crippen molar-refractivity contribution in [2.75, 3.05) is 13.2 Å². The number of imide groups is 1. The summed E-state index contributed by atoms with van der Waals surface area (Å²) >= 11 is 0. The second-order valence-corrected chi connectivity index (χ2v) is 4.53. The molecule has 0 spiro atoms. The molecule has 7 heteroatoms. The van der Waals surface area contributed by atoms with Crippen LogP contribution in [0.2, 0.25) is 0 Å². The number of β-lactam (4-membered cyclic amide) rings is 1. The summed E-state index contributed by atoms with van der Waals surface area (Å²) in [7, 11) is 0. The van der Waals surface area contributed by atoms with Crippen LogP contribution >= 0.6 is 0 Å². The van der Waals surface area contributed by atoms with Gasteiger partial charge in [0, 0.05) is 6.92 Å². The zero-order valence-corrected chi connectivity index (χ0v) is 11.4. The van der Waals surface area contributed by atoms with Crippen LogP contribution in [0, 0.1) is 0 Å². The number of carbonyl (C=O) groups is 4. The van der Waals surface area contributed by atoms with E-state index in [1.807, 2.05) is 6.07 Å². The molecule has 1 fully saturated rings. The first kappa shape index (κ1) is 14.7. The van der Waals surface area contributed by atoms with Gasteiger partial charge in [-0.15, -0.1) is 0 Å². The molecule has 1 aliphatic heterocycles. The summed E-state index contributed by atoms with van der Waals surface area (Å²) in [5, 5.41) is 2.44. The van der Waals surface area contributed by atoms with E-state index in [1.165, 1.54) is 0 Å². The van der Waals surface area contributed by atoms with Crippen molar-refractivity contribution in [2.24, 2.45) is 0 Å². The first-order chi connectivity index (χ1) is 9.99. The fourth-order valence-electron chi connectivity index (χ4n) is 1.81. The Labute approximate surface area is 120 Å². The van der Waals surface area contributed by atoms with Crippen LogP contribution in [0.1, 0.15) is 6.92 Å². The number of ether oxygens (including phenoxy) is 1. The Balaban J connectivity index is 1.76. The molecule has 1 N–H and O–H groups in total. The van der Waals surface area contributed by atoms with Crippen molar-refractivity contribution in [1.29, 1.82) is 0 Å². The number of hydrogen-bond acceptors (Lipinski definition) is 5. The molecule has 7 nitrogen and oxygen atoms in total. The SMILES string of the molecule is CC(=O)C(=O)N1CC(NC(=O)COc2ccccc2)C1=O. The van der Waals surface area contributed by atoms with Gasteiger partial charge >= 0.3 is 0 Å². The number of para-hydroxylation sites is 1. The Kier molecular flexibility index (Phi) is 4.32. The van der Waals surface area contributed by atoms with E-state index in [-0.39, 0.29) is 13.2 Å². The third kappa shape index (κ3) is 3.44. The van der Waals surface area contributed by atoms with Gasteiger partial charge in [-0.1, -0.05) is 18.2 Å². The second kappa shape index (κ2) is 6.17. The van der Waals surface area contributed by atoms with Crippen LogP contribution < -0.4 is 10.1 Å². The predicted molar refractivity (Wildman–Crippen MR) is 71.3 cm³/mol. The lowest BCUT2D eigenvalue weighted by molar-refractivity contribution is -0.160. The molecule has 0 aliphatic carbocycles. The Hall–Kier alpha value is -2.70. The zero-order chi connectivity index (χ0) is 15.4. The maximum Gasteiger partial charge on any atom is 0.296 e. The van der Waals surface area contributed by atoms with E-state index in [0.29, 0.717) is 5.75 Å². The molecule has 2 rings (SSSR count). The number of hydrogen-bond donors (Lipinski definition) is 1. The summed E-state index contributed by atoms with van der Waals surface area (Å²) < 4.78 is 5.23. The van der Waals surface area contributed by atoms with E-state index < -0.39 is 29.5 Å². The van der Waals surface area contributed by atoms with Crippen molar-refractivity contribution in [3.05, 3.63) is 30.3 Å². The number of Topliss-reactive ketones (excluding diaryl/α,β-unsaturated/α-hetero) is 1. The standard InChI is InChI=1S/C14H14N2O5/c1-9(17)13(19)16-7-11(14(16)20)15-12(18)8-21-10-5-3-2-4-6-10/h2-6,11H,7-8H2,1H3,(H,15,18). The molecule has 1 aromatic carbocycles. The molecule has 21 heavy (non-hydrogen) atoms. The van der Waals surface area contributed by atoms with Gasteiger partial charge in [-0.25, -0.2) is 0 Å². The molecule has 1 saturated heterocycles. The average Bonchev–Trinajstić information content (AvgIpc) is 2.49. The van der Waals surface area contributed by atoms with Crippen LogP contribution in [-0.4, -0.2) is 47.6 Å². The van der Waals surface area contributed by atoms with E-state index in [4.69, 9.17) is 4.74 Å². The zero-order valence-electron chi connectivity index (χ0n) is 11.4. The second-order valence-electron chi connectivity index (χ2n) is 4.53. The fraction of sp³-hybridized carbons (Fsp3) is 0.286. The Bertz CT molecular complexity index is 584. The Morgan fingerprint density at radius 3 is 2.52 bits per heavy atom. The average molecular weight is 290 g/mol.